The van der Waals surface area contributed by atoms with Gasteiger partial charge in [-0.2, -0.15) is 0 Å². The first-order valence-electron chi connectivity index (χ1n) is 5.31. The van der Waals surface area contributed by atoms with E-state index in [2.05, 4.69) is 19.7 Å². The zero-order chi connectivity index (χ0) is 13.1. The van der Waals surface area contributed by atoms with Crippen molar-refractivity contribution in [3.05, 3.63) is 29.7 Å². The second kappa shape index (κ2) is 4.87. The fourth-order valence-corrected chi connectivity index (χ4v) is 1.54. The van der Waals surface area contributed by atoms with E-state index in [1.807, 2.05) is 0 Å². The largest absolute Gasteiger partial charge is 0.497 e. The third-order valence-electron chi connectivity index (χ3n) is 2.47. The number of aromatic nitrogens is 3. The number of carbonyl (C=O) groups excluding carboxylic acids is 1. The molecule has 2 rings (SSSR count). The molecular formula is C12H13N3O3. The van der Waals surface area contributed by atoms with Crippen molar-refractivity contribution in [1.82, 2.24) is 15.0 Å². The van der Waals surface area contributed by atoms with Crippen LogP contribution in [-0.4, -0.2) is 35.1 Å². The molecule has 0 saturated carbocycles. The Morgan fingerprint density at radius 3 is 2.83 bits per heavy atom. The van der Waals surface area contributed by atoms with Crippen molar-refractivity contribution in [3.8, 4) is 17.3 Å². The van der Waals surface area contributed by atoms with Crippen molar-refractivity contribution < 1.29 is 14.3 Å². The monoisotopic (exact) mass is 247 g/mol. The number of methoxy groups -OCH3 is 2. The van der Waals surface area contributed by atoms with Gasteiger partial charge in [0.1, 0.15) is 11.4 Å². The third-order valence-corrected chi connectivity index (χ3v) is 2.47. The number of H-pyrrole nitrogens is 1. The van der Waals surface area contributed by atoms with Crippen LogP contribution >= 0.6 is 0 Å². The van der Waals surface area contributed by atoms with Gasteiger partial charge in [-0.3, -0.25) is 4.98 Å². The number of nitrogens with one attached hydrogen (secondary N) is 1. The van der Waals surface area contributed by atoms with E-state index in [4.69, 9.17) is 4.74 Å². The lowest BCUT2D eigenvalue weighted by atomic mass is 10.3. The summed E-state index contributed by atoms with van der Waals surface area (Å²) >= 11 is 0. The predicted octanol–water partition coefficient (Wildman–Crippen LogP) is 1.58. The smallest absolute Gasteiger partial charge is 0.358 e. The molecule has 6 heteroatoms. The van der Waals surface area contributed by atoms with Crippen LogP contribution in [-0.2, 0) is 4.74 Å². The zero-order valence-electron chi connectivity index (χ0n) is 10.4. The number of imidazole rings is 1. The molecule has 0 aliphatic carbocycles. The lowest BCUT2D eigenvalue weighted by Gasteiger charge is -2.00. The molecule has 0 amide bonds. The highest BCUT2D eigenvalue weighted by Crippen LogP contribution is 2.20. The second-order valence-corrected chi connectivity index (χ2v) is 3.63. The van der Waals surface area contributed by atoms with Crippen LogP contribution in [0.15, 0.2) is 18.3 Å². The van der Waals surface area contributed by atoms with Crippen LogP contribution < -0.4 is 4.74 Å². The van der Waals surface area contributed by atoms with E-state index in [1.165, 1.54) is 7.11 Å². The summed E-state index contributed by atoms with van der Waals surface area (Å²) in [6.45, 7) is 1.75. The van der Waals surface area contributed by atoms with Crippen molar-refractivity contribution >= 4 is 5.97 Å². The van der Waals surface area contributed by atoms with E-state index in [1.54, 1.807) is 32.4 Å². The maximum atomic E-state index is 11.5. The van der Waals surface area contributed by atoms with Crippen LogP contribution in [0, 0.1) is 6.92 Å². The van der Waals surface area contributed by atoms with Gasteiger partial charge in [0.15, 0.2) is 11.5 Å². The van der Waals surface area contributed by atoms with E-state index in [0.717, 1.165) is 0 Å². The molecule has 2 aromatic rings. The summed E-state index contributed by atoms with van der Waals surface area (Å²) in [5.41, 5.74) is 1.51. The molecule has 0 atom stereocenters. The first-order valence-corrected chi connectivity index (χ1v) is 5.31. The summed E-state index contributed by atoms with van der Waals surface area (Å²) < 4.78 is 9.75. The Labute approximate surface area is 104 Å². The number of hydrogen-bond acceptors (Lipinski definition) is 5. The van der Waals surface area contributed by atoms with E-state index in [0.29, 0.717) is 23.0 Å². The van der Waals surface area contributed by atoms with Gasteiger partial charge in [0.2, 0.25) is 0 Å². The summed E-state index contributed by atoms with van der Waals surface area (Å²) in [5.74, 6) is 0.707. The number of carbonyl (C=O) groups is 1. The summed E-state index contributed by atoms with van der Waals surface area (Å²) in [6.07, 6.45) is 1.61. The van der Waals surface area contributed by atoms with Crippen molar-refractivity contribution in [2.24, 2.45) is 0 Å². The number of hydrogen-bond donors (Lipinski definition) is 1. The molecule has 2 heterocycles. The van der Waals surface area contributed by atoms with Gasteiger partial charge in [0.25, 0.3) is 0 Å². The number of pyridine rings is 1. The summed E-state index contributed by atoms with van der Waals surface area (Å²) in [6, 6.07) is 3.47. The average Bonchev–Trinajstić information content (AvgIpc) is 2.80. The molecule has 0 spiro atoms. The quantitative estimate of drug-likeness (QED) is 0.833. The molecule has 2 aromatic heterocycles. The summed E-state index contributed by atoms with van der Waals surface area (Å²) in [5, 5.41) is 0. The number of nitrogens with zero attached hydrogens (tertiary/aromatic N) is 2. The Balaban J connectivity index is 2.42. The van der Waals surface area contributed by atoms with Crippen molar-refractivity contribution in [1.29, 1.82) is 0 Å². The van der Waals surface area contributed by atoms with Gasteiger partial charge in [-0.15, -0.1) is 0 Å². The van der Waals surface area contributed by atoms with Crippen LogP contribution in [0.3, 0.4) is 0 Å². The Hall–Kier alpha value is -2.37. The normalized spacial score (nSPS) is 10.2. The van der Waals surface area contributed by atoms with Gasteiger partial charge in [0, 0.05) is 18.0 Å². The van der Waals surface area contributed by atoms with Crippen LogP contribution in [0.4, 0.5) is 0 Å². The average molecular weight is 247 g/mol. The number of rotatable bonds is 3. The van der Waals surface area contributed by atoms with Crippen molar-refractivity contribution in [2.45, 2.75) is 6.92 Å². The molecule has 0 radical (unpaired) electrons. The summed E-state index contributed by atoms with van der Waals surface area (Å²) in [4.78, 5) is 22.8. The van der Waals surface area contributed by atoms with Gasteiger partial charge in [-0.05, 0) is 13.0 Å². The molecule has 0 aromatic carbocycles. The van der Waals surface area contributed by atoms with Crippen LogP contribution in [0.2, 0.25) is 0 Å². The van der Waals surface area contributed by atoms with Gasteiger partial charge < -0.3 is 14.5 Å². The van der Waals surface area contributed by atoms with E-state index < -0.39 is 5.97 Å². The Kier molecular flexibility index (Phi) is 3.27. The van der Waals surface area contributed by atoms with Crippen LogP contribution in [0.1, 0.15) is 16.2 Å². The second-order valence-electron chi connectivity index (χ2n) is 3.63. The molecule has 0 unspecified atom stereocenters. The number of aromatic amines is 1. The van der Waals surface area contributed by atoms with E-state index in [9.17, 15) is 4.79 Å². The Bertz CT molecular complexity index is 578. The lowest BCUT2D eigenvalue weighted by molar-refractivity contribution is 0.0594. The third kappa shape index (κ3) is 2.17. The first-order chi connectivity index (χ1) is 8.65. The van der Waals surface area contributed by atoms with E-state index in [-0.39, 0.29) is 5.69 Å². The van der Waals surface area contributed by atoms with Gasteiger partial charge in [-0.25, -0.2) is 9.78 Å². The van der Waals surface area contributed by atoms with Crippen LogP contribution in [0.25, 0.3) is 11.5 Å². The standard InChI is InChI=1S/C12H13N3O3/c1-7-10(12(16)18-3)15-11(14-7)9-6-8(17-2)4-5-13-9/h4-6H,1-3H3,(H,14,15). The predicted molar refractivity (Wildman–Crippen MR) is 64.4 cm³/mol. The molecule has 0 aliphatic rings. The minimum Gasteiger partial charge on any atom is -0.497 e. The van der Waals surface area contributed by atoms with Gasteiger partial charge >= 0.3 is 5.97 Å². The molecule has 94 valence electrons. The summed E-state index contributed by atoms with van der Waals surface area (Å²) in [7, 11) is 2.90. The highest BCUT2D eigenvalue weighted by Gasteiger charge is 2.16. The lowest BCUT2D eigenvalue weighted by Crippen LogP contribution is -2.03. The van der Waals surface area contributed by atoms with Crippen molar-refractivity contribution in [3.63, 3.8) is 0 Å². The minimum atomic E-state index is -0.474. The number of esters is 1. The highest BCUT2D eigenvalue weighted by atomic mass is 16.5. The zero-order valence-corrected chi connectivity index (χ0v) is 10.4. The molecule has 18 heavy (non-hydrogen) atoms. The number of ether oxygens (including phenoxy) is 2. The Morgan fingerprint density at radius 1 is 1.39 bits per heavy atom. The first kappa shape index (κ1) is 12.1. The highest BCUT2D eigenvalue weighted by molar-refractivity contribution is 5.89. The topological polar surface area (TPSA) is 77.1 Å². The number of aryl methyl sites for hydroxylation is 1. The molecule has 0 fully saturated rings. The fraction of sp³-hybridized carbons (Fsp3) is 0.250. The van der Waals surface area contributed by atoms with Crippen LogP contribution in [0.5, 0.6) is 5.75 Å². The van der Waals surface area contributed by atoms with E-state index >= 15 is 0 Å². The molecule has 6 nitrogen and oxygen atoms in total. The molecular weight excluding hydrogens is 234 g/mol. The maximum Gasteiger partial charge on any atom is 0.358 e. The van der Waals surface area contributed by atoms with Gasteiger partial charge in [0.05, 0.1) is 14.2 Å². The molecule has 0 bridgehead atoms. The fourth-order valence-electron chi connectivity index (χ4n) is 1.54. The molecule has 0 saturated heterocycles. The SMILES string of the molecule is COC(=O)c1nc(-c2cc(OC)ccn2)[nH]c1C. The molecule has 1 N–H and O–H groups in total. The van der Waals surface area contributed by atoms with Gasteiger partial charge in [-0.1, -0.05) is 0 Å². The molecule has 0 aliphatic heterocycles. The maximum absolute atomic E-state index is 11.5. The van der Waals surface area contributed by atoms with Crippen molar-refractivity contribution in [2.75, 3.05) is 14.2 Å². The Morgan fingerprint density at radius 2 is 2.17 bits per heavy atom. The minimum absolute atomic E-state index is 0.261.